The lowest BCUT2D eigenvalue weighted by atomic mass is 10.3. The first-order valence-corrected chi connectivity index (χ1v) is 8.90. The molecule has 0 heterocycles. The van der Waals surface area contributed by atoms with E-state index >= 15 is 0 Å². The summed E-state index contributed by atoms with van der Waals surface area (Å²) in [5.41, 5.74) is 0. The second kappa shape index (κ2) is 10.6. The molecule has 10 heteroatoms. The number of ether oxygens (including phenoxy) is 6. The van der Waals surface area contributed by atoms with Crippen molar-refractivity contribution in [3.8, 4) is 34.5 Å². The lowest BCUT2D eigenvalue weighted by Gasteiger charge is -2.13. The lowest BCUT2D eigenvalue weighted by molar-refractivity contribution is -0.133. The van der Waals surface area contributed by atoms with Gasteiger partial charge in [0.2, 0.25) is 6.79 Å². The average Bonchev–Trinajstić information content (AvgIpc) is 2.59. The maximum atomic E-state index is 11.2. The van der Waals surface area contributed by atoms with Gasteiger partial charge in [-0.15, -0.1) is 0 Å². The van der Waals surface area contributed by atoms with Crippen molar-refractivity contribution >= 4 is 23.9 Å². The summed E-state index contributed by atoms with van der Waals surface area (Å²) in [7, 11) is 0. The van der Waals surface area contributed by atoms with Crippen molar-refractivity contribution in [1.82, 2.24) is 0 Å². The van der Waals surface area contributed by atoms with Gasteiger partial charge in [-0.25, -0.2) is 0 Å². The van der Waals surface area contributed by atoms with Crippen LogP contribution in [0.3, 0.4) is 0 Å². The van der Waals surface area contributed by atoms with Gasteiger partial charge >= 0.3 is 23.9 Å². The monoisotopic (exact) mass is 432 g/mol. The predicted molar refractivity (Wildman–Crippen MR) is 104 cm³/mol. The molecule has 10 nitrogen and oxygen atoms in total. The summed E-state index contributed by atoms with van der Waals surface area (Å²) in [5, 5.41) is 0. The summed E-state index contributed by atoms with van der Waals surface area (Å²) in [6.07, 6.45) is 0. The summed E-state index contributed by atoms with van der Waals surface area (Å²) >= 11 is 0. The third kappa shape index (κ3) is 8.44. The molecule has 0 radical (unpaired) electrons. The van der Waals surface area contributed by atoms with E-state index in [2.05, 4.69) is 0 Å². The van der Waals surface area contributed by atoms with Crippen LogP contribution in [-0.4, -0.2) is 30.7 Å². The van der Waals surface area contributed by atoms with Gasteiger partial charge in [-0.2, -0.15) is 0 Å². The Hall–Kier alpha value is -4.08. The molecule has 164 valence electrons. The molecule has 0 aliphatic carbocycles. The fourth-order valence-electron chi connectivity index (χ4n) is 2.32. The van der Waals surface area contributed by atoms with E-state index in [0.717, 1.165) is 0 Å². The number of hydrogen-bond donors (Lipinski definition) is 0. The van der Waals surface area contributed by atoms with Crippen molar-refractivity contribution in [2.24, 2.45) is 0 Å². The average molecular weight is 432 g/mol. The van der Waals surface area contributed by atoms with E-state index in [9.17, 15) is 19.2 Å². The molecule has 0 atom stereocenters. The minimum absolute atomic E-state index is 0.107. The second-order valence-corrected chi connectivity index (χ2v) is 6.06. The van der Waals surface area contributed by atoms with Gasteiger partial charge in [-0.3, -0.25) is 19.2 Å². The molecule has 0 aromatic heterocycles. The smallest absolute Gasteiger partial charge is 0.308 e. The van der Waals surface area contributed by atoms with Gasteiger partial charge in [-0.05, 0) is 0 Å². The fraction of sp³-hybridized carbons (Fsp3) is 0.238. The first-order valence-electron chi connectivity index (χ1n) is 8.90. The van der Waals surface area contributed by atoms with Gasteiger partial charge in [0.15, 0.2) is 0 Å². The van der Waals surface area contributed by atoms with E-state index in [4.69, 9.17) is 28.4 Å². The van der Waals surface area contributed by atoms with Crippen molar-refractivity contribution in [2.45, 2.75) is 27.7 Å². The molecule has 0 aliphatic rings. The van der Waals surface area contributed by atoms with Crippen LogP contribution in [0.5, 0.6) is 34.5 Å². The first-order chi connectivity index (χ1) is 14.6. The number of carbonyl (C=O) groups excluding carboxylic acids is 4. The summed E-state index contributed by atoms with van der Waals surface area (Å²) < 4.78 is 30.9. The summed E-state index contributed by atoms with van der Waals surface area (Å²) in [6, 6.07) is 8.30. The van der Waals surface area contributed by atoms with Gasteiger partial charge in [0.25, 0.3) is 0 Å². The van der Waals surface area contributed by atoms with E-state index in [-0.39, 0.29) is 41.3 Å². The number of rotatable bonds is 8. The van der Waals surface area contributed by atoms with E-state index in [1.165, 1.54) is 64.1 Å². The van der Waals surface area contributed by atoms with Crippen LogP contribution in [0.2, 0.25) is 0 Å². The molecule has 0 saturated carbocycles. The topological polar surface area (TPSA) is 124 Å². The van der Waals surface area contributed by atoms with Crippen LogP contribution in [0.15, 0.2) is 36.4 Å². The Bertz CT molecular complexity index is 848. The van der Waals surface area contributed by atoms with Crippen LogP contribution in [0.1, 0.15) is 27.7 Å². The Morgan fingerprint density at radius 1 is 0.484 bits per heavy atom. The Morgan fingerprint density at radius 2 is 0.710 bits per heavy atom. The van der Waals surface area contributed by atoms with E-state index in [0.29, 0.717) is 0 Å². The van der Waals surface area contributed by atoms with E-state index in [1.807, 2.05) is 0 Å². The molecule has 2 aromatic carbocycles. The third-order valence-corrected chi connectivity index (χ3v) is 3.20. The molecular formula is C21H20O10. The zero-order chi connectivity index (χ0) is 23.0. The van der Waals surface area contributed by atoms with Gasteiger partial charge in [0.1, 0.15) is 34.5 Å². The van der Waals surface area contributed by atoms with Crippen molar-refractivity contribution in [2.75, 3.05) is 6.79 Å². The molecular weight excluding hydrogens is 412 g/mol. The van der Waals surface area contributed by atoms with Crippen LogP contribution in [0.4, 0.5) is 0 Å². The highest BCUT2D eigenvalue weighted by atomic mass is 16.7. The van der Waals surface area contributed by atoms with Crippen LogP contribution in [0, 0.1) is 0 Å². The van der Waals surface area contributed by atoms with E-state index in [1.54, 1.807) is 0 Å². The molecule has 0 saturated heterocycles. The highest BCUT2D eigenvalue weighted by molar-refractivity contribution is 5.72. The van der Waals surface area contributed by atoms with Crippen LogP contribution < -0.4 is 28.4 Å². The van der Waals surface area contributed by atoms with Gasteiger partial charge in [-0.1, -0.05) is 0 Å². The Balaban J connectivity index is 2.15. The lowest BCUT2D eigenvalue weighted by Crippen LogP contribution is -2.09. The summed E-state index contributed by atoms with van der Waals surface area (Å²) in [4.78, 5) is 44.8. The molecule has 0 unspecified atom stereocenters. The van der Waals surface area contributed by atoms with Crippen molar-refractivity contribution in [3.63, 3.8) is 0 Å². The molecule has 2 aromatic rings. The molecule has 31 heavy (non-hydrogen) atoms. The SMILES string of the molecule is CC(=O)Oc1cc(OCOc2cc(OC(C)=O)cc(OC(C)=O)c2)cc(OC(C)=O)c1. The van der Waals surface area contributed by atoms with Crippen molar-refractivity contribution < 1.29 is 47.6 Å². The number of hydrogen-bond acceptors (Lipinski definition) is 10. The highest BCUT2D eigenvalue weighted by Crippen LogP contribution is 2.30. The number of esters is 4. The molecule has 0 fully saturated rings. The highest BCUT2D eigenvalue weighted by Gasteiger charge is 2.11. The van der Waals surface area contributed by atoms with Crippen molar-refractivity contribution in [3.05, 3.63) is 36.4 Å². The van der Waals surface area contributed by atoms with Crippen LogP contribution in [0.25, 0.3) is 0 Å². The molecule has 0 spiro atoms. The maximum Gasteiger partial charge on any atom is 0.308 e. The van der Waals surface area contributed by atoms with Gasteiger partial charge in [0, 0.05) is 64.1 Å². The van der Waals surface area contributed by atoms with Crippen LogP contribution in [-0.2, 0) is 19.2 Å². The van der Waals surface area contributed by atoms with Gasteiger partial charge < -0.3 is 28.4 Å². The minimum Gasteiger partial charge on any atom is -0.457 e. The van der Waals surface area contributed by atoms with E-state index < -0.39 is 23.9 Å². The van der Waals surface area contributed by atoms with Gasteiger partial charge in [0.05, 0.1) is 0 Å². The summed E-state index contributed by atoms with van der Waals surface area (Å²) in [5.74, 6) is -1.47. The molecule has 0 amide bonds. The maximum absolute atomic E-state index is 11.2. The Morgan fingerprint density at radius 3 is 0.935 bits per heavy atom. The largest absolute Gasteiger partial charge is 0.457 e. The quantitative estimate of drug-likeness (QED) is 0.349. The number of carbonyl (C=O) groups is 4. The molecule has 0 aliphatic heterocycles. The second-order valence-electron chi connectivity index (χ2n) is 6.06. The fourth-order valence-corrected chi connectivity index (χ4v) is 2.32. The number of benzene rings is 2. The molecule has 2 rings (SSSR count). The van der Waals surface area contributed by atoms with Crippen LogP contribution >= 0.6 is 0 Å². The normalized spacial score (nSPS) is 9.94. The zero-order valence-electron chi connectivity index (χ0n) is 17.3. The third-order valence-electron chi connectivity index (χ3n) is 3.20. The molecule has 0 N–H and O–H groups in total. The first kappa shape index (κ1) is 23.2. The summed E-state index contributed by atoms with van der Waals surface area (Å²) in [6.45, 7) is 4.56. The Labute approximate surface area is 177 Å². The standard InChI is InChI=1S/C21H20O10/c1-12(22)28-18-5-16(6-19(9-18)29-13(2)23)26-11-27-17-7-20(30-14(3)24)10-21(8-17)31-15(4)25/h5-10H,11H2,1-4H3. The Kier molecular flexibility index (Phi) is 7.95. The predicted octanol–water partition coefficient (Wildman–Crippen LogP) is 2.80. The zero-order valence-corrected chi connectivity index (χ0v) is 17.3. The van der Waals surface area contributed by atoms with Crippen molar-refractivity contribution in [1.29, 1.82) is 0 Å². The minimum atomic E-state index is -0.567. The molecule has 0 bridgehead atoms.